The van der Waals surface area contributed by atoms with E-state index in [2.05, 4.69) is 54.5 Å². The summed E-state index contributed by atoms with van der Waals surface area (Å²) in [5, 5.41) is 40.6. The van der Waals surface area contributed by atoms with Gasteiger partial charge in [0.05, 0.1) is 12.7 Å². The van der Waals surface area contributed by atoms with Gasteiger partial charge in [-0.3, -0.25) is 0 Å². The first-order valence-corrected chi connectivity index (χ1v) is 17.0. The largest absolute Gasteiger partial charge is 0.394 e. The van der Waals surface area contributed by atoms with Gasteiger partial charge < -0.3 is 29.9 Å². The second-order valence-electron chi connectivity index (χ2n) is 15.9. The van der Waals surface area contributed by atoms with Gasteiger partial charge in [0.1, 0.15) is 24.4 Å². The van der Waals surface area contributed by atoms with Crippen LogP contribution in [0.5, 0.6) is 0 Å². The highest BCUT2D eigenvalue weighted by atomic mass is 16.7. The lowest BCUT2D eigenvalue weighted by molar-refractivity contribution is -0.320. The maximum Gasteiger partial charge on any atom is 0.186 e. The lowest BCUT2D eigenvalue weighted by atomic mass is 9.46. The lowest BCUT2D eigenvalue weighted by Crippen LogP contribution is -2.60. The summed E-state index contributed by atoms with van der Waals surface area (Å²) in [5.41, 5.74) is 2.46. The molecular weight excluding hydrogens is 516 g/mol. The van der Waals surface area contributed by atoms with Gasteiger partial charge in [0.15, 0.2) is 6.29 Å². The van der Waals surface area contributed by atoms with Gasteiger partial charge in [-0.1, -0.05) is 73.0 Å². The summed E-state index contributed by atoms with van der Waals surface area (Å²) >= 11 is 0. The van der Waals surface area contributed by atoms with E-state index in [9.17, 15) is 20.4 Å². The Balaban J connectivity index is 1.27. The molecule has 0 aromatic carbocycles. The third kappa shape index (κ3) is 5.50. The minimum atomic E-state index is -1.40. The number of aliphatic hydroxyl groups excluding tert-OH is 4. The Bertz CT molecular complexity index is 934. The van der Waals surface area contributed by atoms with Crippen molar-refractivity contribution < 1.29 is 29.9 Å². The highest BCUT2D eigenvalue weighted by Gasteiger charge is 2.59. The number of ether oxygens (including phenoxy) is 2. The second kappa shape index (κ2) is 12.1. The molecule has 15 atom stereocenters. The maximum atomic E-state index is 10.6. The number of hydrogen-bond donors (Lipinski definition) is 4. The Morgan fingerprint density at radius 2 is 1.59 bits per heavy atom. The van der Waals surface area contributed by atoms with Crippen molar-refractivity contribution >= 4 is 0 Å². The summed E-state index contributed by atoms with van der Waals surface area (Å²) in [6.07, 6.45) is 7.61. The molecule has 5 rings (SSSR count). The second-order valence-corrected chi connectivity index (χ2v) is 15.9. The first-order valence-electron chi connectivity index (χ1n) is 17.0. The van der Waals surface area contributed by atoms with Gasteiger partial charge in [0, 0.05) is 0 Å². The molecule has 4 aliphatic carbocycles. The predicted molar refractivity (Wildman–Crippen MR) is 161 cm³/mol. The van der Waals surface area contributed by atoms with Gasteiger partial charge in [-0.15, -0.1) is 0 Å². The van der Waals surface area contributed by atoms with E-state index in [-0.39, 0.29) is 17.4 Å². The zero-order chi connectivity index (χ0) is 29.9. The molecule has 0 radical (unpaired) electrons. The number of fused-ring (bicyclic) bond motifs is 5. The van der Waals surface area contributed by atoms with E-state index in [1.165, 1.54) is 38.5 Å². The number of aliphatic hydroxyl groups is 4. The maximum absolute atomic E-state index is 10.6. The van der Waals surface area contributed by atoms with E-state index >= 15 is 0 Å². The van der Waals surface area contributed by atoms with Crippen molar-refractivity contribution in [2.45, 2.75) is 143 Å². The molecule has 1 aliphatic heterocycles. The molecule has 6 heteroatoms. The number of hydrogen-bond acceptors (Lipinski definition) is 6. The third-order valence-corrected chi connectivity index (χ3v) is 13.7. The average Bonchev–Trinajstić information content (AvgIpc) is 3.30. The van der Waals surface area contributed by atoms with Crippen molar-refractivity contribution in [3.8, 4) is 0 Å². The van der Waals surface area contributed by atoms with Crippen molar-refractivity contribution in [3.05, 3.63) is 11.6 Å². The van der Waals surface area contributed by atoms with Crippen LogP contribution in [0.4, 0.5) is 0 Å². The Labute approximate surface area is 249 Å². The molecule has 14 unspecified atom stereocenters. The fourth-order valence-electron chi connectivity index (χ4n) is 10.5. The molecule has 3 saturated carbocycles. The van der Waals surface area contributed by atoms with E-state index in [1.54, 1.807) is 5.57 Å². The molecule has 4 fully saturated rings. The first kappa shape index (κ1) is 31.9. The summed E-state index contributed by atoms with van der Waals surface area (Å²) in [6.45, 7) is 16.7. The third-order valence-electron chi connectivity index (χ3n) is 13.7. The predicted octanol–water partition coefficient (Wildman–Crippen LogP) is 5.70. The Hall–Kier alpha value is -0.500. The van der Waals surface area contributed by atoms with E-state index in [0.29, 0.717) is 17.3 Å². The van der Waals surface area contributed by atoms with Gasteiger partial charge in [0.25, 0.3) is 0 Å². The highest BCUT2D eigenvalue weighted by Crippen LogP contribution is 2.67. The zero-order valence-electron chi connectivity index (χ0n) is 26.8. The molecule has 5 aliphatic rings. The quantitative estimate of drug-likeness (QED) is 0.277. The van der Waals surface area contributed by atoms with Crippen molar-refractivity contribution in [1.29, 1.82) is 0 Å². The van der Waals surface area contributed by atoms with Gasteiger partial charge in [0.2, 0.25) is 0 Å². The van der Waals surface area contributed by atoms with Crippen molar-refractivity contribution in [3.63, 3.8) is 0 Å². The molecule has 1 saturated heterocycles. The summed E-state index contributed by atoms with van der Waals surface area (Å²) in [7, 11) is 0. The molecule has 4 N–H and O–H groups in total. The summed E-state index contributed by atoms with van der Waals surface area (Å²) < 4.78 is 12.1. The Morgan fingerprint density at radius 3 is 2.27 bits per heavy atom. The van der Waals surface area contributed by atoms with Crippen LogP contribution in [0.25, 0.3) is 0 Å². The van der Waals surface area contributed by atoms with Crippen LogP contribution in [-0.2, 0) is 9.47 Å². The van der Waals surface area contributed by atoms with Gasteiger partial charge in [-0.2, -0.15) is 0 Å². The van der Waals surface area contributed by atoms with Crippen LogP contribution in [0.3, 0.4) is 0 Å². The van der Waals surface area contributed by atoms with Crippen LogP contribution in [0, 0.1) is 58.2 Å². The van der Waals surface area contributed by atoms with Crippen molar-refractivity contribution in [1.82, 2.24) is 0 Å². The van der Waals surface area contributed by atoms with E-state index in [1.807, 2.05) is 0 Å². The van der Waals surface area contributed by atoms with Crippen LogP contribution in [-0.4, -0.2) is 63.8 Å². The zero-order valence-corrected chi connectivity index (χ0v) is 26.8. The summed E-state index contributed by atoms with van der Waals surface area (Å²) in [6, 6.07) is 0. The molecule has 0 amide bonds. The molecule has 41 heavy (non-hydrogen) atoms. The lowest BCUT2D eigenvalue weighted by Gasteiger charge is -2.60. The molecule has 6 nitrogen and oxygen atoms in total. The monoisotopic (exact) mass is 576 g/mol. The fourth-order valence-corrected chi connectivity index (χ4v) is 10.5. The Morgan fingerprint density at radius 1 is 0.902 bits per heavy atom. The van der Waals surface area contributed by atoms with Crippen LogP contribution in [0.1, 0.15) is 106 Å². The minimum absolute atomic E-state index is 0.0942. The molecule has 0 aromatic rings. The van der Waals surface area contributed by atoms with Crippen molar-refractivity contribution in [2.75, 3.05) is 6.61 Å². The molecule has 0 spiro atoms. The van der Waals surface area contributed by atoms with E-state index in [0.717, 1.165) is 48.9 Å². The van der Waals surface area contributed by atoms with E-state index < -0.39 is 37.3 Å². The SMILES string of the molecule is CC(C)C(C)CCC(C)C1CCC2C3=CC[C@H]4C(C)C(OC5OC(CO)C(O)C(O)C5O)CCC4(C)C3CCC21C. The standard InChI is InChI=1S/C35H60O6/c1-19(2)20(3)8-9-21(4)24-12-13-26-23-10-11-25-22(5)28(15-17-35(25,7)27(23)14-16-34(24,26)6)40-33-32(39)31(38)30(37)29(18-36)41-33/h10,19-22,24-33,36-39H,8-9,11-18H2,1-7H3/t20?,21?,22?,24?,25-,26?,27?,28?,29?,30?,31?,32?,33?,34?,35?/m0/s1. The summed E-state index contributed by atoms with van der Waals surface area (Å²) in [5.74, 6) is 5.36. The molecule has 0 bridgehead atoms. The van der Waals surface area contributed by atoms with Crippen LogP contribution >= 0.6 is 0 Å². The van der Waals surface area contributed by atoms with Crippen LogP contribution < -0.4 is 0 Å². The molecule has 0 aromatic heterocycles. The van der Waals surface area contributed by atoms with Gasteiger partial charge in [-0.25, -0.2) is 0 Å². The van der Waals surface area contributed by atoms with Gasteiger partial charge >= 0.3 is 0 Å². The molecular formula is C35H60O6. The Kier molecular flexibility index (Phi) is 9.43. The van der Waals surface area contributed by atoms with Crippen molar-refractivity contribution in [2.24, 2.45) is 58.2 Å². The van der Waals surface area contributed by atoms with Crippen LogP contribution in [0.15, 0.2) is 11.6 Å². The van der Waals surface area contributed by atoms with E-state index in [4.69, 9.17) is 9.47 Å². The highest BCUT2D eigenvalue weighted by molar-refractivity contribution is 5.28. The van der Waals surface area contributed by atoms with Crippen LogP contribution in [0.2, 0.25) is 0 Å². The van der Waals surface area contributed by atoms with Gasteiger partial charge in [-0.05, 0) is 103 Å². The molecule has 236 valence electrons. The smallest absolute Gasteiger partial charge is 0.186 e. The number of allylic oxidation sites excluding steroid dienone is 2. The molecule has 1 heterocycles. The topological polar surface area (TPSA) is 99.4 Å². The summed E-state index contributed by atoms with van der Waals surface area (Å²) in [4.78, 5) is 0. The first-order chi connectivity index (χ1) is 19.3. The average molecular weight is 577 g/mol. The number of rotatable bonds is 8. The fraction of sp³-hybridized carbons (Fsp3) is 0.943. The minimum Gasteiger partial charge on any atom is -0.394 e. The normalized spacial score (nSPS) is 49.6.